The number of unbranched alkanes of at least 4 members (excludes halogenated alkanes) is 1. The lowest BCUT2D eigenvalue weighted by Gasteiger charge is -2.48. The van der Waals surface area contributed by atoms with Crippen LogP contribution >= 0.6 is 0 Å². The molecule has 2 atom stereocenters. The van der Waals surface area contributed by atoms with Crippen molar-refractivity contribution in [3.05, 3.63) is 0 Å². The van der Waals surface area contributed by atoms with Gasteiger partial charge in [0.25, 0.3) is 0 Å². The maximum atomic E-state index is 11.9. The summed E-state index contributed by atoms with van der Waals surface area (Å²) in [7, 11) is 0. The van der Waals surface area contributed by atoms with Gasteiger partial charge < -0.3 is 9.84 Å². The fraction of sp³-hybridized carbons (Fsp3) is 0.875. The Bertz CT molecular complexity index is 344. The highest BCUT2D eigenvalue weighted by atomic mass is 16.5. The molecule has 0 spiro atoms. The Kier molecular flexibility index (Phi) is 5.58. The van der Waals surface area contributed by atoms with Crippen molar-refractivity contribution in [2.45, 2.75) is 51.9 Å². The van der Waals surface area contributed by atoms with Crippen molar-refractivity contribution in [3.8, 4) is 0 Å². The summed E-state index contributed by atoms with van der Waals surface area (Å²) in [6, 6.07) is 0. The van der Waals surface area contributed by atoms with E-state index in [1.54, 1.807) is 6.92 Å². The second-order valence-electron chi connectivity index (χ2n) is 6.42. The monoisotopic (exact) mass is 282 g/mol. The number of ether oxygens (including phenoxy) is 1. The first-order chi connectivity index (χ1) is 9.59. The fourth-order valence-electron chi connectivity index (χ4n) is 4.37. The van der Waals surface area contributed by atoms with Gasteiger partial charge in [-0.25, -0.2) is 4.79 Å². The van der Waals surface area contributed by atoms with Gasteiger partial charge in [0.1, 0.15) is 12.4 Å². The zero-order chi connectivity index (χ0) is 14.5. The molecule has 1 N–H and O–H groups in total. The highest BCUT2D eigenvalue weighted by Gasteiger charge is 2.44. The smallest absolute Gasteiger partial charge is 0.329 e. The van der Waals surface area contributed by atoms with Crippen molar-refractivity contribution in [1.82, 2.24) is 0 Å². The number of carbonyl (C=O) groups is 2. The van der Waals surface area contributed by atoms with Gasteiger partial charge in [0, 0.05) is 12.5 Å². The molecule has 20 heavy (non-hydrogen) atoms. The van der Waals surface area contributed by atoms with Gasteiger partial charge in [-0.05, 0) is 63.2 Å². The molecule has 3 fully saturated rings. The van der Waals surface area contributed by atoms with Crippen LogP contribution in [0.5, 0.6) is 0 Å². The average Bonchev–Trinajstić information content (AvgIpc) is 2.43. The minimum atomic E-state index is -0.911. The zero-order valence-corrected chi connectivity index (χ0v) is 12.3. The van der Waals surface area contributed by atoms with E-state index in [4.69, 9.17) is 9.84 Å². The number of fused-ring (bicyclic) bond motifs is 3. The first-order valence-electron chi connectivity index (χ1n) is 7.89. The van der Waals surface area contributed by atoms with Crippen LogP contribution in [0.3, 0.4) is 0 Å². The van der Waals surface area contributed by atoms with Crippen molar-refractivity contribution in [2.24, 2.45) is 23.7 Å². The van der Waals surface area contributed by atoms with Crippen molar-refractivity contribution < 1.29 is 19.4 Å². The minimum Gasteiger partial charge on any atom is -0.480 e. The van der Waals surface area contributed by atoms with Gasteiger partial charge in [0.2, 0.25) is 0 Å². The fourth-order valence-corrected chi connectivity index (χ4v) is 4.37. The van der Waals surface area contributed by atoms with E-state index in [0.717, 1.165) is 25.2 Å². The number of Topliss-reactive ketones (excluding diaryl/α,β-unsaturated/α-hetero) is 1. The van der Waals surface area contributed by atoms with Crippen molar-refractivity contribution in [2.75, 3.05) is 13.2 Å². The van der Waals surface area contributed by atoms with Crippen LogP contribution in [0.15, 0.2) is 0 Å². The molecular formula is C16H26O4. The quantitative estimate of drug-likeness (QED) is 0.695. The third-order valence-electron chi connectivity index (χ3n) is 5.16. The molecule has 3 aliphatic rings. The van der Waals surface area contributed by atoms with E-state index < -0.39 is 5.97 Å². The summed E-state index contributed by atoms with van der Waals surface area (Å²) in [6.45, 7) is 2.07. The summed E-state index contributed by atoms with van der Waals surface area (Å²) in [5.41, 5.74) is 0. The minimum absolute atomic E-state index is 0.204. The molecule has 3 aliphatic carbocycles. The van der Waals surface area contributed by atoms with Gasteiger partial charge in [-0.3, -0.25) is 4.79 Å². The molecule has 0 amide bonds. The Balaban J connectivity index is 1.73. The summed E-state index contributed by atoms with van der Waals surface area (Å²) >= 11 is 0. The van der Waals surface area contributed by atoms with Crippen LogP contribution in [-0.2, 0) is 14.3 Å². The highest BCUT2D eigenvalue weighted by Crippen LogP contribution is 2.50. The number of carbonyl (C=O) groups excluding carboxylic acids is 1. The standard InChI is InChI=1S/C16H26O4/c1-11(17)16-13-7-5-12(6-8-13)14(16)4-2-3-9-20-10-15(18)19/h12-14,16H,2-10H2,1H3,(H,18,19)/t12?,13?,14-,16-/m0/s1. The number of hydrogen-bond donors (Lipinski definition) is 1. The number of carboxylic acid groups (broad SMARTS) is 1. The number of ketones is 1. The molecule has 0 radical (unpaired) electrons. The first-order valence-corrected chi connectivity index (χ1v) is 7.89. The Morgan fingerprint density at radius 2 is 1.75 bits per heavy atom. The van der Waals surface area contributed by atoms with Crippen LogP contribution in [-0.4, -0.2) is 30.1 Å². The van der Waals surface area contributed by atoms with E-state index in [1.807, 2.05) is 0 Å². The summed E-state index contributed by atoms with van der Waals surface area (Å²) in [4.78, 5) is 22.2. The number of carboxylic acids is 1. The van der Waals surface area contributed by atoms with Gasteiger partial charge in [0.05, 0.1) is 0 Å². The van der Waals surface area contributed by atoms with Crippen molar-refractivity contribution >= 4 is 11.8 Å². The van der Waals surface area contributed by atoms with Crippen molar-refractivity contribution in [1.29, 1.82) is 0 Å². The summed E-state index contributed by atoms with van der Waals surface area (Å²) in [5, 5.41) is 8.48. The lowest BCUT2D eigenvalue weighted by molar-refractivity contribution is -0.142. The second-order valence-corrected chi connectivity index (χ2v) is 6.42. The van der Waals surface area contributed by atoms with E-state index in [9.17, 15) is 9.59 Å². The Labute approximate surface area is 120 Å². The highest BCUT2D eigenvalue weighted by molar-refractivity contribution is 5.79. The zero-order valence-electron chi connectivity index (χ0n) is 12.3. The third-order valence-corrected chi connectivity index (χ3v) is 5.16. The van der Waals surface area contributed by atoms with Crippen LogP contribution < -0.4 is 0 Å². The van der Waals surface area contributed by atoms with Gasteiger partial charge in [-0.15, -0.1) is 0 Å². The van der Waals surface area contributed by atoms with Crippen LogP contribution in [0.25, 0.3) is 0 Å². The van der Waals surface area contributed by atoms with Gasteiger partial charge in [-0.2, -0.15) is 0 Å². The summed E-state index contributed by atoms with van der Waals surface area (Å²) < 4.78 is 5.05. The van der Waals surface area contributed by atoms with Crippen molar-refractivity contribution in [3.63, 3.8) is 0 Å². The average molecular weight is 282 g/mol. The topological polar surface area (TPSA) is 63.6 Å². The molecule has 2 bridgehead atoms. The number of rotatable bonds is 8. The molecule has 0 saturated heterocycles. The molecule has 0 aromatic heterocycles. The maximum absolute atomic E-state index is 11.9. The lowest BCUT2D eigenvalue weighted by Crippen LogP contribution is -2.43. The van der Waals surface area contributed by atoms with E-state index in [1.165, 1.54) is 25.7 Å². The molecule has 0 heterocycles. The Hall–Kier alpha value is -0.900. The predicted molar refractivity (Wildman–Crippen MR) is 75.4 cm³/mol. The maximum Gasteiger partial charge on any atom is 0.329 e. The Morgan fingerprint density at radius 3 is 2.35 bits per heavy atom. The number of aliphatic carboxylic acids is 1. The molecule has 114 valence electrons. The van der Waals surface area contributed by atoms with Crippen LogP contribution in [0.4, 0.5) is 0 Å². The largest absolute Gasteiger partial charge is 0.480 e. The van der Waals surface area contributed by atoms with Crippen LogP contribution in [0.1, 0.15) is 51.9 Å². The van der Waals surface area contributed by atoms with Gasteiger partial charge in [0.15, 0.2) is 0 Å². The van der Waals surface area contributed by atoms with E-state index in [0.29, 0.717) is 30.1 Å². The van der Waals surface area contributed by atoms with Gasteiger partial charge >= 0.3 is 5.97 Å². The molecule has 0 unspecified atom stereocenters. The van der Waals surface area contributed by atoms with E-state index in [-0.39, 0.29) is 6.61 Å². The van der Waals surface area contributed by atoms with E-state index in [2.05, 4.69) is 0 Å². The normalized spacial score (nSPS) is 32.2. The first kappa shape index (κ1) is 15.5. The molecule has 3 rings (SSSR count). The van der Waals surface area contributed by atoms with Gasteiger partial charge in [-0.1, -0.05) is 6.42 Å². The van der Waals surface area contributed by atoms with Crippen LogP contribution in [0, 0.1) is 23.7 Å². The molecular weight excluding hydrogens is 256 g/mol. The molecule has 0 aromatic rings. The second kappa shape index (κ2) is 7.21. The van der Waals surface area contributed by atoms with E-state index >= 15 is 0 Å². The van der Waals surface area contributed by atoms with Crippen LogP contribution in [0.2, 0.25) is 0 Å². The summed E-state index contributed by atoms with van der Waals surface area (Å²) in [6.07, 6.45) is 8.12. The lowest BCUT2D eigenvalue weighted by atomic mass is 9.56. The SMILES string of the molecule is CC(=O)[C@H]1C2CCC(CC2)[C@@H]1CCCCOCC(=O)O. The number of hydrogen-bond acceptors (Lipinski definition) is 3. The summed E-state index contributed by atoms with van der Waals surface area (Å²) in [5.74, 6) is 1.71. The molecule has 4 nitrogen and oxygen atoms in total. The Morgan fingerprint density at radius 1 is 1.10 bits per heavy atom. The molecule has 3 saturated carbocycles. The molecule has 0 aliphatic heterocycles. The predicted octanol–water partition coefficient (Wildman–Crippen LogP) is 2.90. The third kappa shape index (κ3) is 3.81. The molecule has 0 aromatic carbocycles. The molecule has 4 heteroatoms.